The van der Waals surface area contributed by atoms with Crippen molar-refractivity contribution < 1.29 is 4.79 Å². The maximum absolute atomic E-state index is 12.4. The maximum Gasteiger partial charge on any atom is 0.242 e. The molecule has 1 atom stereocenters. The van der Waals surface area contributed by atoms with E-state index in [4.69, 9.17) is 0 Å². The van der Waals surface area contributed by atoms with Gasteiger partial charge >= 0.3 is 0 Å². The molecule has 0 saturated carbocycles. The van der Waals surface area contributed by atoms with E-state index in [9.17, 15) is 4.79 Å². The minimum atomic E-state index is -0.249. The molecule has 0 bridgehead atoms. The van der Waals surface area contributed by atoms with E-state index in [2.05, 4.69) is 19.2 Å². The minimum absolute atomic E-state index is 0.249. The van der Waals surface area contributed by atoms with Crippen molar-refractivity contribution in [3.8, 4) is 0 Å². The van der Waals surface area contributed by atoms with Gasteiger partial charge in [-0.15, -0.1) is 0 Å². The monoisotopic (exact) mass is 226 g/mol. The van der Waals surface area contributed by atoms with Crippen molar-refractivity contribution in [1.82, 2.24) is 10.2 Å². The highest BCUT2D eigenvalue weighted by Crippen LogP contribution is 2.25. The van der Waals surface area contributed by atoms with E-state index in [1.807, 2.05) is 11.9 Å². The average molecular weight is 226 g/mol. The third kappa shape index (κ3) is 2.97. The van der Waals surface area contributed by atoms with E-state index in [0.717, 1.165) is 38.8 Å². The van der Waals surface area contributed by atoms with Crippen LogP contribution in [-0.2, 0) is 4.79 Å². The van der Waals surface area contributed by atoms with Crippen molar-refractivity contribution in [2.75, 3.05) is 20.1 Å². The van der Waals surface area contributed by atoms with E-state index in [-0.39, 0.29) is 5.54 Å². The molecule has 0 aromatic rings. The van der Waals surface area contributed by atoms with Gasteiger partial charge in [-0.05, 0) is 32.2 Å². The van der Waals surface area contributed by atoms with Gasteiger partial charge in [0, 0.05) is 13.6 Å². The van der Waals surface area contributed by atoms with Crippen LogP contribution in [0.15, 0.2) is 0 Å². The molecule has 0 radical (unpaired) electrons. The molecule has 3 nitrogen and oxygen atoms in total. The molecule has 3 heteroatoms. The number of carbonyl (C=O) groups excluding carboxylic acids is 1. The summed E-state index contributed by atoms with van der Waals surface area (Å²) in [5.74, 6) is 0.295. The number of nitrogens with zero attached hydrogens (tertiary/aromatic N) is 1. The molecule has 16 heavy (non-hydrogen) atoms. The Morgan fingerprint density at radius 2 is 2.12 bits per heavy atom. The van der Waals surface area contributed by atoms with E-state index in [1.54, 1.807) is 0 Å². The number of unbranched alkanes of at least 4 members (excludes halogenated alkanes) is 2. The van der Waals surface area contributed by atoms with Crippen LogP contribution in [-0.4, -0.2) is 36.5 Å². The van der Waals surface area contributed by atoms with E-state index >= 15 is 0 Å². The Balaban J connectivity index is 2.47. The first-order chi connectivity index (χ1) is 7.66. The fourth-order valence-corrected chi connectivity index (χ4v) is 2.51. The molecule has 1 heterocycles. The van der Waals surface area contributed by atoms with E-state index in [0.29, 0.717) is 5.91 Å². The number of amides is 1. The van der Waals surface area contributed by atoms with Gasteiger partial charge in [-0.3, -0.25) is 4.79 Å². The zero-order valence-corrected chi connectivity index (χ0v) is 11.0. The number of hydrogen-bond acceptors (Lipinski definition) is 2. The van der Waals surface area contributed by atoms with Crippen molar-refractivity contribution in [2.24, 2.45) is 0 Å². The Bertz CT molecular complexity index is 222. The molecular weight excluding hydrogens is 200 g/mol. The molecule has 0 aromatic carbocycles. The van der Waals surface area contributed by atoms with Crippen LogP contribution in [0.4, 0.5) is 0 Å². The summed E-state index contributed by atoms with van der Waals surface area (Å²) in [5.41, 5.74) is -0.249. The molecule has 94 valence electrons. The number of rotatable bonds is 6. The highest BCUT2D eigenvalue weighted by atomic mass is 16.2. The zero-order valence-electron chi connectivity index (χ0n) is 11.0. The molecule has 1 unspecified atom stereocenters. The van der Waals surface area contributed by atoms with Crippen LogP contribution in [0.2, 0.25) is 0 Å². The topological polar surface area (TPSA) is 32.3 Å². The molecule has 1 rings (SSSR count). The smallest absolute Gasteiger partial charge is 0.242 e. The lowest BCUT2D eigenvalue weighted by atomic mass is 9.92. The van der Waals surface area contributed by atoms with Gasteiger partial charge < -0.3 is 10.2 Å². The van der Waals surface area contributed by atoms with Gasteiger partial charge in [-0.25, -0.2) is 0 Å². The predicted octanol–water partition coefficient (Wildman–Crippen LogP) is 2.17. The Hall–Kier alpha value is -0.570. The molecule has 1 amide bonds. The Morgan fingerprint density at radius 3 is 2.62 bits per heavy atom. The highest BCUT2D eigenvalue weighted by Gasteiger charge is 2.40. The molecule has 0 aliphatic carbocycles. The van der Waals surface area contributed by atoms with Crippen molar-refractivity contribution >= 4 is 5.91 Å². The molecule has 1 fully saturated rings. The summed E-state index contributed by atoms with van der Waals surface area (Å²) in [4.78, 5) is 14.3. The van der Waals surface area contributed by atoms with Crippen LogP contribution < -0.4 is 5.32 Å². The Labute approximate surface area is 99.6 Å². The average Bonchev–Trinajstić information content (AvgIpc) is 2.78. The molecule has 1 aliphatic rings. The quantitative estimate of drug-likeness (QED) is 0.704. The van der Waals surface area contributed by atoms with Crippen LogP contribution in [0.5, 0.6) is 0 Å². The summed E-state index contributed by atoms with van der Waals surface area (Å²) in [6.07, 6.45) is 6.58. The minimum Gasteiger partial charge on any atom is -0.344 e. The number of nitrogens with one attached hydrogen (secondary N) is 1. The second-order valence-electron chi connectivity index (χ2n) is 4.90. The molecule has 0 aromatic heterocycles. The lowest BCUT2D eigenvalue weighted by Crippen LogP contribution is -2.53. The number of hydrogen-bond donors (Lipinski definition) is 1. The molecular formula is C13H26N2O. The van der Waals surface area contributed by atoms with Crippen LogP contribution >= 0.6 is 0 Å². The van der Waals surface area contributed by atoms with Crippen LogP contribution in [0.3, 0.4) is 0 Å². The third-order valence-electron chi connectivity index (χ3n) is 3.70. The SMILES string of the molecule is CCCCCN(C)C(=O)C1(CC)CCCN1. The van der Waals surface area contributed by atoms with Crippen LogP contribution in [0.25, 0.3) is 0 Å². The molecule has 1 N–H and O–H groups in total. The van der Waals surface area contributed by atoms with E-state index in [1.165, 1.54) is 12.8 Å². The lowest BCUT2D eigenvalue weighted by Gasteiger charge is -2.31. The third-order valence-corrected chi connectivity index (χ3v) is 3.70. The number of likely N-dealkylation sites (N-methyl/N-ethyl adjacent to an activating group) is 1. The molecule has 1 saturated heterocycles. The summed E-state index contributed by atoms with van der Waals surface area (Å²) < 4.78 is 0. The van der Waals surface area contributed by atoms with Gasteiger partial charge in [-0.1, -0.05) is 26.7 Å². The van der Waals surface area contributed by atoms with Crippen molar-refractivity contribution in [3.05, 3.63) is 0 Å². The van der Waals surface area contributed by atoms with Gasteiger partial charge in [0.2, 0.25) is 5.91 Å². The Morgan fingerprint density at radius 1 is 1.38 bits per heavy atom. The first-order valence-corrected chi connectivity index (χ1v) is 6.67. The van der Waals surface area contributed by atoms with Crippen molar-refractivity contribution in [3.63, 3.8) is 0 Å². The zero-order chi connectivity index (χ0) is 12.0. The van der Waals surface area contributed by atoms with Gasteiger partial charge in [0.25, 0.3) is 0 Å². The predicted molar refractivity (Wildman–Crippen MR) is 67.4 cm³/mol. The molecule has 0 spiro atoms. The number of carbonyl (C=O) groups is 1. The normalized spacial score (nSPS) is 24.7. The summed E-state index contributed by atoms with van der Waals surface area (Å²) in [6, 6.07) is 0. The lowest BCUT2D eigenvalue weighted by molar-refractivity contribution is -0.136. The Kier molecular flexibility index (Phi) is 5.26. The maximum atomic E-state index is 12.4. The van der Waals surface area contributed by atoms with E-state index < -0.39 is 0 Å². The fourth-order valence-electron chi connectivity index (χ4n) is 2.51. The van der Waals surface area contributed by atoms with Crippen LogP contribution in [0, 0.1) is 0 Å². The van der Waals surface area contributed by atoms with Crippen molar-refractivity contribution in [1.29, 1.82) is 0 Å². The van der Waals surface area contributed by atoms with Gasteiger partial charge in [0.1, 0.15) is 0 Å². The summed E-state index contributed by atoms with van der Waals surface area (Å²) in [6.45, 7) is 6.18. The fraction of sp³-hybridized carbons (Fsp3) is 0.923. The highest BCUT2D eigenvalue weighted by molar-refractivity contribution is 5.86. The van der Waals surface area contributed by atoms with Gasteiger partial charge in [0.15, 0.2) is 0 Å². The first kappa shape index (κ1) is 13.5. The summed E-state index contributed by atoms with van der Waals surface area (Å²) >= 11 is 0. The molecule has 1 aliphatic heterocycles. The van der Waals surface area contributed by atoms with Gasteiger partial charge in [0.05, 0.1) is 5.54 Å². The largest absolute Gasteiger partial charge is 0.344 e. The summed E-state index contributed by atoms with van der Waals surface area (Å²) in [5, 5.41) is 3.40. The second kappa shape index (κ2) is 6.24. The van der Waals surface area contributed by atoms with Crippen molar-refractivity contribution in [2.45, 2.75) is 57.9 Å². The second-order valence-corrected chi connectivity index (χ2v) is 4.90. The van der Waals surface area contributed by atoms with Crippen LogP contribution in [0.1, 0.15) is 52.4 Å². The summed E-state index contributed by atoms with van der Waals surface area (Å²) in [7, 11) is 1.94. The van der Waals surface area contributed by atoms with Gasteiger partial charge in [-0.2, -0.15) is 0 Å². The first-order valence-electron chi connectivity index (χ1n) is 6.67. The standard InChI is InChI=1S/C13H26N2O/c1-4-6-7-11-15(3)12(16)13(5-2)9-8-10-14-13/h14H,4-11H2,1-3H3.